The lowest BCUT2D eigenvalue weighted by Crippen LogP contribution is -2.32. The fourth-order valence-electron chi connectivity index (χ4n) is 2.70. The molecule has 0 atom stereocenters. The molecule has 30 heavy (non-hydrogen) atoms. The van der Waals surface area contributed by atoms with Crippen LogP contribution in [0.1, 0.15) is 10.4 Å². The molecule has 3 aromatic carbocycles. The van der Waals surface area contributed by atoms with Gasteiger partial charge in [0.05, 0.1) is 0 Å². The summed E-state index contributed by atoms with van der Waals surface area (Å²) >= 11 is 0. The molecule has 2 N–H and O–H groups in total. The van der Waals surface area contributed by atoms with Crippen molar-refractivity contribution < 1.29 is 23.5 Å². The van der Waals surface area contributed by atoms with E-state index in [1.807, 2.05) is 42.5 Å². The van der Waals surface area contributed by atoms with Crippen LogP contribution in [-0.2, 0) is 14.3 Å². The van der Waals surface area contributed by atoms with E-state index in [2.05, 4.69) is 10.6 Å². The number of para-hydroxylation sites is 1. The molecular formula is C23H19FN2O4. The molecule has 7 heteroatoms. The summed E-state index contributed by atoms with van der Waals surface area (Å²) in [6.45, 7) is -0.904. The highest BCUT2D eigenvalue weighted by atomic mass is 19.1. The monoisotopic (exact) mass is 406 g/mol. The fourth-order valence-corrected chi connectivity index (χ4v) is 2.70. The first kappa shape index (κ1) is 20.7. The van der Waals surface area contributed by atoms with Crippen LogP contribution in [0.2, 0.25) is 0 Å². The normalized spacial score (nSPS) is 10.2. The van der Waals surface area contributed by atoms with Crippen LogP contribution in [0.5, 0.6) is 0 Å². The van der Waals surface area contributed by atoms with Crippen molar-refractivity contribution in [2.75, 3.05) is 18.5 Å². The second kappa shape index (κ2) is 9.97. The maximum Gasteiger partial charge on any atom is 0.325 e. The van der Waals surface area contributed by atoms with Crippen molar-refractivity contribution >= 4 is 23.5 Å². The molecule has 0 spiro atoms. The lowest BCUT2D eigenvalue weighted by Gasteiger charge is -2.11. The first-order valence-corrected chi connectivity index (χ1v) is 9.16. The van der Waals surface area contributed by atoms with Crippen LogP contribution in [0, 0.1) is 5.82 Å². The minimum atomic E-state index is -0.767. The standard InChI is InChI=1S/C23H19FN2O4/c24-18-12-10-17(11-13-18)23(29)25-14-22(28)30-15-21(27)26-20-9-5-4-8-19(20)16-6-2-1-3-7-16/h1-13H,14-15H2,(H,25,29)(H,26,27). The number of carbonyl (C=O) groups excluding carboxylic acids is 3. The van der Waals surface area contributed by atoms with E-state index >= 15 is 0 Å². The predicted molar refractivity (Wildman–Crippen MR) is 110 cm³/mol. The summed E-state index contributed by atoms with van der Waals surface area (Å²) in [5.41, 5.74) is 2.58. The van der Waals surface area contributed by atoms with Crippen molar-refractivity contribution in [2.45, 2.75) is 0 Å². The lowest BCUT2D eigenvalue weighted by molar-refractivity contribution is -0.146. The maximum atomic E-state index is 12.9. The summed E-state index contributed by atoms with van der Waals surface area (Å²) in [4.78, 5) is 35.9. The van der Waals surface area contributed by atoms with E-state index in [4.69, 9.17) is 4.74 Å². The molecule has 3 rings (SSSR count). The van der Waals surface area contributed by atoms with Crippen LogP contribution in [0.4, 0.5) is 10.1 Å². The smallest absolute Gasteiger partial charge is 0.325 e. The van der Waals surface area contributed by atoms with Crippen molar-refractivity contribution in [1.29, 1.82) is 0 Å². The number of hydrogen-bond donors (Lipinski definition) is 2. The summed E-state index contributed by atoms with van der Waals surface area (Å²) in [6.07, 6.45) is 0. The van der Waals surface area contributed by atoms with Crippen molar-refractivity contribution in [3.05, 3.63) is 90.2 Å². The van der Waals surface area contributed by atoms with Gasteiger partial charge in [-0.25, -0.2) is 4.39 Å². The Balaban J connectivity index is 1.49. The van der Waals surface area contributed by atoms with Gasteiger partial charge in [-0.05, 0) is 35.9 Å². The topological polar surface area (TPSA) is 84.5 Å². The fraction of sp³-hybridized carbons (Fsp3) is 0.0870. The molecule has 152 valence electrons. The molecule has 0 radical (unpaired) electrons. The SMILES string of the molecule is O=C(COC(=O)CNC(=O)c1ccc(F)cc1)Nc1ccccc1-c1ccccc1. The van der Waals surface area contributed by atoms with Crippen LogP contribution in [0.25, 0.3) is 11.1 Å². The van der Waals surface area contributed by atoms with Gasteiger partial charge in [-0.1, -0.05) is 48.5 Å². The summed E-state index contributed by atoms with van der Waals surface area (Å²) < 4.78 is 17.8. The Morgan fingerprint density at radius 3 is 2.23 bits per heavy atom. The van der Waals surface area contributed by atoms with Crippen molar-refractivity contribution in [3.63, 3.8) is 0 Å². The molecule has 0 aliphatic rings. The molecule has 3 aromatic rings. The highest BCUT2D eigenvalue weighted by molar-refractivity contribution is 5.98. The highest BCUT2D eigenvalue weighted by Gasteiger charge is 2.12. The van der Waals surface area contributed by atoms with E-state index < -0.39 is 36.8 Å². The van der Waals surface area contributed by atoms with Gasteiger partial charge in [0.25, 0.3) is 11.8 Å². The van der Waals surface area contributed by atoms with E-state index in [0.717, 1.165) is 23.3 Å². The molecular weight excluding hydrogens is 387 g/mol. The summed E-state index contributed by atoms with van der Waals surface area (Å²) in [7, 11) is 0. The molecule has 0 saturated heterocycles. The maximum absolute atomic E-state index is 12.9. The quantitative estimate of drug-likeness (QED) is 0.589. The number of carbonyl (C=O) groups is 3. The highest BCUT2D eigenvalue weighted by Crippen LogP contribution is 2.27. The van der Waals surface area contributed by atoms with E-state index in [1.54, 1.807) is 12.1 Å². The van der Waals surface area contributed by atoms with Crippen molar-refractivity contribution in [1.82, 2.24) is 5.32 Å². The van der Waals surface area contributed by atoms with Gasteiger partial charge in [-0.15, -0.1) is 0 Å². The molecule has 0 unspecified atom stereocenters. The average Bonchev–Trinajstić information content (AvgIpc) is 2.77. The number of benzene rings is 3. The summed E-state index contributed by atoms with van der Waals surface area (Å²) in [5, 5.41) is 5.08. The number of ether oxygens (including phenoxy) is 1. The van der Waals surface area contributed by atoms with E-state index in [0.29, 0.717) is 5.69 Å². The molecule has 0 saturated carbocycles. The molecule has 0 aromatic heterocycles. The zero-order chi connectivity index (χ0) is 21.3. The largest absolute Gasteiger partial charge is 0.454 e. The zero-order valence-corrected chi connectivity index (χ0v) is 15.9. The lowest BCUT2D eigenvalue weighted by atomic mass is 10.0. The number of hydrogen-bond acceptors (Lipinski definition) is 4. The van der Waals surface area contributed by atoms with Gasteiger partial charge < -0.3 is 15.4 Å². The summed E-state index contributed by atoms with van der Waals surface area (Å²) in [5.74, 6) is -2.28. The second-order valence-electron chi connectivity index (χ2n) is 6.31. The Morgan fingerprint density at radius 1 is 0.833 bits per heavy atom. The Labute approximate surface area is 172 Å². The van der Waals surface area contributed by atoms with Crippen LogP contribution in [0.3, 0.4) is 0 Å². The van der Waals surface area contributed by atoms with Crippen molar-refractivity contribution in [3.8, 4) is 11.1 Å². The first-order valence-electron chi connectivity index (χ1n) is 9.16. The van der Waals surface area contributed by atoms with E-state index in [1.165, 1.54) is 12.1 Å². The minimum Gasteiger partial charge on any atom is -0.454 e. The molecule has 2 amide bonds. The zero-order valence-electron chi connectivity index (χ0n) is 15.9. The third kappa shape index (κ3) is 5.75. The van der Waals surface area contributed by atoms with Crippen LogP contribution in [0.15, 0.2) is 78.9 Å². The number of anilines is 1. The van der Waals surface area contributed by atoms with Gasteiger partial charge in [0, 0.05) is 16.8 Å². The van der Waals surface area contributed by atoms with Crippen LogP contribution in [-0.4, -0.2) is 30.9 Å². The van der Waals surface area contributed by atoms with Gasteiger partial charge in [0.15, 0.2) is 6.61 Å². The van der Waals surface area contributed by atoms with Gasteiger partial charge in [-0.3, -0.25) is 14.4 Å². The van der Waals surface area contributed by atoms with Crippen LogP contribution >= 0.6 is 0 Å². The number of halogens is 1. The average molecular weight is 406 g/mol. The van der Waals surface area contributed by atoms with Gasteiger partial charge >= 0.3 is 5.97 Å². The number of amides is 2. The summed E-state index contributed by atoms with van der Waals surface area (Å²) in [6, 6.07) is 21.7. The minimum absolute atomic E-state index is 0.208. The Morgan fingerprint density at radius 2 is 1.50 bits per heavy atom. The Hall–Kier alpha value is -4.00. The predicted octanol–water partition coefficient (Wildman–Crippen LogP) is 3.40. The molecule has 0 fully saturated rings. The van der Waals surface area contributed by atoms with Gasteiger partial charge in [-0.2, -0.15) is 0 Å². The van der Waals surface area contributed by atoms with E-state index in [9.17, 15) is 18.8 Å². The molecule has 6 nitrogen and oxygen atoms in total. The first-order chi connectivity index (χ1) is 14.5. The Bertz CT molecular complexity index is 1040. The van der Waals surface area contributed by atoms with Gasteiger partial charge in [0.2, 0.25) is 0 Å². The number of esters is 1. The molecule has 0 bridgehead atoms. The van der Waals surface area contributed by atoms with Gasteiger partial charge in [0.1, 0.15) is 12.4 Å². The number of rotatable bonds is 7. The Kier molecular flexibility index (Phi) is 6.89. The third-order valence-corrected chi connectivity index (χ3v) is 4.15. The third-order valence-electron chi connectivity index (χ3n) is 4.15. The molecule has 0 aliphatic carbocycles. The number of nitrogens with one attached hydrogen (secondary N) is 2. The molecule has 0 aliphatic heterocycles. The van der Waals surface area contributed by atoms with Crippen LogP contribution < -0.4 is 10.6 Å². The van der Waals surface area contributed by atoms with Crippen molar-refractivity contribution in [2.24, 2.45) is 0 Å². The van der Waals surface area contributed by atoms with E-state index in [-0.39, 0.29) is 5.56 Å². The molecule has 0 heterocycles. The second-order valence-corrected chi connectivity index (χ2v) is 6.31.